The summed E-state index contributed by atoms with van der Waals surface area (Å²) in [5.74, 6) is 0.802. The summed E-state index contributed by atoms with van der Waals surface area (Å²) in [7, 11) is 1.60. The maximum Gasteiger partial charge on any atom is 0.162 e. The van der Waals surface area contributed by atoms with Gasteiger partial charge in [-0.3, -0.25) is 4.79 Å². The SMILES string of the molecule is C=C(C)C(=O)Cc1ccccc1OC. The van der Waals surface area contributed by atoms with E-state index in [-0.39, 0.29) is 5.78 Å². The number of ether oxygens (including phenoxy) is 1. The zero-order chi connectivity index (χ0) is 10.6. The van der Waals surface area contributed by atoms with E-state index in [2.05, 4.69) is 6.58 Å². The molecule has 1 aromatic rings. The van der Waals surface area contributed by atoms with Gasteiger partial charge in [0, 0.05) is 12.0 Å². The third-order valence-corrected chi connectivity index (χ3v) is 2.02. The van der Waals surface area contributed by atoms with Crippen LogP contribution in [-0.4, -0.2) is 12.9 Å². The number of ketones is 1. The number of para-hydroxylation sites is 1. The molecule has 2 heteroatoms. The topological polar surface area (TPSA) is 26.3 Å². The molecule has 0 aliphatic heterocycles. The van der Waals surface area contributed by atoms with Crippen LogP contribution in [0.25, 0.3) is 0 Å². The Hall–Kier alpha value is -1.57. The van der Waals surface area contributed by atoms with Gasteiger partial charge in [-0.1, -0.05) is 24.8 Å². The van der Waals surface area contributed by atoms with Gasteiger partial charge in [0.1, 0.15) is 5.75 Å². The van der Waals surface area contributed by atoms with Crippen molar-refractivity contribution >= 4 is 5.78 Å². The van der Waals surface area contributed by atoms with E-state index in [0.29, 0.717) is 12.0 Å². The molecule has 0 amide bonds. The van der Waals surface area contributed by atoms with E-state index in [0.717, 1.165) is 11.3 Å². The molecule has 0 fully saturated rings. The van der Waals surface area contributed by atoms with E-state index >= 15 is 0 Å². The summed E-state index contributed by atoms with van der Waals surface area (Å²) >= 11 is 0. The number of methoxy groups -OCH3 is 1. The lowest BCUT2D eigenvalue weighted by molar-refractivity contribution is -0.114. The molecule has 0 atom stereocenters. The average Bonchev–Trinajstić information content (AvgIpc) is 2.18. The Morgan fingerprint density at radius 2 is 2.07 bits per heavy atom. The van der Waals surface area contributed by atoms with Crippen molar-refractivity contribution in [3.05, 3.63) is 42.0 Å². The predicted octanol–water partition coefficient (Wildman–Crippen LogP) is 2.38. The Morgan fingerprint density at radius 3 is 2.64 bits per heavy atom. The monoisotopic (exact) mass is 190 g/mol. The van der Waals surface area contributed by atoms with Crippen molar-refractivity contribution in [2.75, 3.05) is 7.11 Å². The maximum absolute atomic E-state index is 11.4. The number of carbonyl (C=O) groups is 1. The standard InChI is InChI=1S/C12H14O2/c1-9(2)11(13)8-10-6-4-5-7-12(10)14-3/h4-7H,1,8H2,2-3H3. The molecule has 0 heterocycles. The predicted molar refractivity (Wildman–Crippen MR) is 56.5 cm³/mol. The smallest absolute Gasteiger partial charge is 0.162 e. The van der Waals surface area contributed by atoms with E-state index in [4.69, 9.17) is 4.74 Å². The lowest BCUT2D eigenvalue weighted by Crippen LogP contribution is -2.04. The second kappa shape index (κ2) is 4.61. The molecule has 0 saturated carbocycles. The van der Waals surface area contributed by atoms with Crippen LogP contribution in [0.15, 0.2) is 36.4 Å². The van der Waals surface area contributed by atoms with Gasteiger partial charge in [-0.2, -0.15) is 0 Å². The van der Waals surface area contributed by atoms with Gasteiger partial charge in [0.05, 0.1) is 7.11 Å². The average molecular weight is 190 g/mol. The molecule has 0 unspecified atom stereocenters. The first-order valence-corrected chi connectivity index (χ1v) is 4.45. The Bertz CT molecular complexity index is 353. The summed E-state index contributed by atoms with van der Waals surface area (Å²) in [4.78, 5) is 11.4. The van der Waals surface area contributed by atoms with Gasteiger partial charge in [-0.05, 0) is 18.6 Å². The highest BCUT2D eigenvalue weighted by Gasteiger charge is 2.07. The molecule has 1 rings (SSSR count). The molecule has 1 aromatic carbocycles. The second-order valence-corrected chi connectivity index (χ2v) is 3.19. The fourth-order valence-electron chi connectivity index (χ4n) is 1.17. The Balaban J connectivity index is 2.85. The molecular formula is C12H14O2. The van der Waals surface area contributed by atoms with Crippen LogP contribution in [0.2, 0.25) is 0 Å². The Labute approximate surface area is 84.2 Å². The minimum absolute atomic E-state index is 0.0505. The van der Waals surface area contributed by atoms with Gasteiger partial charge in [0.2, 0.25) is 0 Å². The third-order valence-electron chi connectivity index (χ3n) is 2.02. The lowest BCUT2D eigenvalue weighted by Gasteiger charge is -2.06. The molecule has 0 aliphatic rings. The molecule has 0 N–H and O–H groups in total. The number of hydrogen-bond donors (Lipinski definition) is 0. The normalized spacial score (nSPS) is 9.57. The molecule has 0 saturated heterocycles. The zero-order valence-corrected chi connectivity index (χ0v) is 8.54. The number of benzene rings is 1. The molecular weight excluding hydrogens is 176 g/mol. The summed E-state index contributed by atoms with van der Waals surface area (Å²) < 4.78 is 5.14. The second-order valence-electron chi connectivity index (χ2n) is 3.19. The Morgan fingerprint density at radius 1 is 1.43 bits per heavy atom. The van der Waals surface area contributed by atoms with Crippen LogP contribution in [0.5, 0.6) is 5.75 Å². The zero-order valence-electron chi connectivity index (χ0n) is 8.54. The van der Waals surface area contributed by atoms with Crippen LogP contribution in [0.3, 0.4) is 0 Å². The fourth-order valence-corrected chi connectivity index (χ4v) is 1.17. The van der Waals surface area contributed by atoms with Gasteiger partial charge >= 0.3 is 0 Å². The lowest BCUT2D eigenvalue weighted by atomic mass is 10.0. The van der Waals surface area contributed by atoms with E-state index in [9.17, 15) is 4.79 Å². The molecule has 0 spiro atoms. The Kier molecular flexibility index (Phi) is 3.46. The van der Waals surface area contributed by atoms with Crippen LogP contribution in [-0.2, 0) is 11.2 Å². The van der Waals surface area contributed by atoms with Crippen LogP contribution in [0.4, 0.5) is 0 Å². The molecule has 14 heavy (non-hydrogen) atoms. The van der Waals surface area contributed by atoms with Crippen molar-refractivity contribution < 1.29 is 9.53 Å². The first-order valence-electron chi connectivity index (χ1n) is 4.45. The molecule has 0 bridgehead atoms. The van der Waals surface area contributed by atoms with Gasteiger partial charge in [0.15, 0.2) is 5.78 Å². The van der Waals surface area contributed by atoms with Gasteiger partial charge in [-0.15, -0.1) is 0 Å². The first-order chi connectivity index (χ1) is 6.65. The van der Waals surface area contributed by atoms with Crippen molar-refractivity contribution in [2.24, 2.45) is 0 Å². The van der Waals surface area contributed by atoms with Crippen LogP contribution >= 0.6 is 0 Å². The van der Waals surface area contributed by atoms with E-state index < -0.39 is 0 Å². The number of rotatable bonds is 4. The molecule has 0 radical (unpaired) electrons. The highest BCUT2D eigenvalue weighted by atomic mass is 16.5. The molecule has 0 aliphatic carbocycles. The quantitative estimate of drug-likeness (QED) is 0.681. The van der Waals surface area contributed by atoms with Crippen molar-refractivity contribution in [2.45, 2.75) is 13.3 Å². The van der Waals surface area contributed by atoms with Gasteiger partial charge < -0.3 is 4.74 Å². The van der Waals surface area contributed by atoms with Crippen LogP contribution < -0.4 is 4.74 Å². The minimum atomic E-state index is 0.0505. The molecule has 0 aromatic heterocycles. The summed E-state index contributed by atoms with van der Waals surface area (Å²) in [5.41, 5.74) is 1.49. The largest absolute Gasteiger partial charge is 0.496 e. The van der Waals surface area contributed by atoms with Gasteiger partial charge in [-0.25, -0.2) is 0 Å². The summed E-state index contributed by atoms with van der Waals surface area (Å²) in [6.45, 7) is 5.34. The fraction of sp³-hybridized carbons (Fsp3) is 0.250. The summed E-state index contributed by atoms with van der Waals surface area (Å²) in [6, 6.07) is 7.51. The number of allylic oxidation sites excluding steroid dienone is 1. The molecule has 74 valence electrons. The first kappa shape index (κ1) is 10.5. The van der Waals surface area contributed by atoms with Crippen molar-refractivity contribution in [3.8, 4) is 5.75 Å². The molecule has 2 nitrogen and oxygen atoms in total. The summed E-state index contributed by atoms with van der Waals surface area (Å²) in [5, 5.41) is 0. The van der Waals surface area contributed by atoms with Crippen molar-refractivity contribution in [1.82, 2.24) is 0 Å². The number of hydrogen-bond acceptors (Lipinski definition) is 2. The van der Waals surface area contributed by atoms with Crippen molar-refractivity contribution in [1.29, 1.82) is 0 Å². The van der Waals surface area contributed by atoms with Crippen molar-refractivity contribution in [3.63, 3.8) is 0 Å². The van der Waals surface area contributed by atoms with E-state index in [1.54, 1.807) is 14.0 Å². The van der Waals surface area contributed by atoms with Gasteiger partial charge in [0.25, 0.3) is 0 Å². The van der Waals surface area contributed by atoms with Crippen LogP contribution in [0.1, 0.15) is 12.5 Å². The van der Waals surface area contributed by atoms with E-state index in [1.807, 2.05) is 24.3 Å². The van der Waals surface area contributed by atoms with E-state index in [1.165, 1.54) is 0 Å². The van der Waals surface area contributed by atoms with Crippen LogP contribution in [0, 0.1) is 0 Å². The summed E-state index contributed by atoms with van der Waals surface area (Å²) in [6.07, 6.45) is 0.360. The highest BCUT2D eigenvalue weighted by Crippen LogP contribution is 2.18. The highest BCUT2D eigenvalue weighted by molar-refractivity contribution is 5.95. The number of carbonyl (C=O) groups excluding carboxylic acids is 1. The minimum Gasteiger partial charge on any atom is -0.496 e. The third kappa shape index (κ3) is 2.46. The maximum atomic E-state index is 11.4. The number of Topliss-reactive ketones (excluding diaryl/α,β-unsaturated/α-hetero) is 1.